The lowest BCUT2D eigenvalue weighted by molar-refractivity contribution is -0.154. The molecule has 3 heterocycles. The van der Waals surface area contributed by atoms with Crippen LogP contribution in [-0.4, -0.2) is 78.4 Å². The minimum absolute atomic E-state index is 0.00552. The smallest absolute Gasteiger partial charge is 0.349 e. The number of hydrogen-bond donors (Lipinski definition) is 2. The summed E-state index contributed by atoms with van der Waals surface area (Å²) >= 11 is 0. The number of amides is 2. The molecule has 12 nitrogen and oxygen atoms in total. The van der Waals surface area contributed by atoms with E-state index in [0.29, 0.717) is 11.0 Å². The highest BCUT2D eigenvalue weighted by Crippen LogP contribution is 2.23. The molecule has 12 heteroatoms. The van der Waals surface area contributed by atoms with E-state index in [9.17, 15) is 24.0 Å². The number of nitrogens with one attached hydrogen (secondary N) is 1. The van der Waals surface area contributed by atoms with E-state index < -0.39 is 35.6 Å². The summed E-state index contributed by atoms with van der Waals surface area (Å²) < 4.78 is 1.64. The predicted octanol–water partition coefficient (Wildman–Crippen LogP) is -1.04. The zero-order valence-electron chi connectivity index (χ0n) is 17.4. The topological polar surface area (TPSA) is 159 Å². The van der Waals surface area contributed by atoms with Crippen molar-refractivity contribution < 1.29 is 19.5 Å². The summed E-state index contributed by atoms with van der Waals surface area (Å²) in [6, 6.07) is 3.69. The maximum Gasteiger partial charge on any atom is 0.349 e. The zero-order valence-corrected chi connectivity index (χ0v) is 17.4. The van der Waals surface area contributed by atoms with Crippen molar-refractivity contribution >= 4 is 28.8 Å². The molecule has 1 fully saturated rings. The number of carboxylic acid groups (broad SMARTS) is 1. The number of carbonyl (C=O) groups is 3. The molecule has 0 aliphatic carbocycles. The van der Waals surface area contributed by atoms with Crippen LogP contribution in [0.3, 0.4) is 0 Å². The molecule has 1 aromatic rings. The fraction of sp³-hybridized carbons (Fsp3) is 0.350. The van der Waals surface area contributed by atoms with E-state index in [-0.39, 0.29) is 37.7 Å². The summed E-state index contributed by atoms with van der Waals surface area (Å²) in [6.07, 6.45) is 0. The predicted molar refractivity (Wildman–Crippen MR) is 111 cm³/mol. The third-order valence-electron chi connectivity index (χ3n) is 5.50. The van der Waals surface area contributed by atoms with Gasteiger partial charge in [-0.1, -0.05) is 0 Å². The van der Waals surface area contributed by atoms with Crippen molar-refractivity contribution in [2.45, 2.75) is 20.4 Å². The molecule has 0 atom stereocenters. The number of H-pyrrole nitrogens is 1. The Labute approximate surface area is 180 Å². The summed E-state index contributed by atoms with van der Waals surface area (Å²) in [4.78, 5) is 72.5. The van der Waals surface area contributed by atoms with E-state index in [1.807, 2.05) is 26.0 Å². The number of carbonyl (C=O) groups excluding carboxylic acids is 2. The first-order valence-corrected chi connectivity index (χ1v) is 9.83. The summed E-state index contributed by atoms with van der Waals surface area (Å²) in [5.41, 5.74) is 1.61. The lowest BCUT2D eigenvalue weighted by atomic mass is 10.1. The SMILES string of the molecule is Cc1cc2nc3c(=O)[nH]c(=O)nc-3n(CCN3CC(=O)N(CC(=O)O)CC3=O)c2cc1C. The lowest BCUT2D eigenvalue weighted by Crippen LogP contribution is -2.55. The second kappa shape index (κ2) is 7.87. The number of aromatic nitrogens is 4. The van der Waals surface area contributed by atoms with Crippen molar-refractivity contribution in [3.05, 3.63) is 44.1 Å². The molecule has 3 aliphatic heterocycles. The highest BCUT2D eigenvalue weighted by molar-refractivity contribution is 5.94. The molecule has 2 amide bonds. The van der Waals surface area contributed by atoms with Crippen LogP contribution in [0.25, 0.3) is 22.6 Å². The molecule has 2 N–H and O–H groups in total. The van der Waals surface area contributed by atoms with E-state index in [0.717, 1.165) is 16.0 Å². The second-order valence-electron chi connectivity index (χ2n) is 7.69. The number of aryl methyl sites for hydroxylation is 2. The standard InChI is InChI=1S/C20H20N6O6/c1-10-5-12-13(6-11(10)2)26(18-17(21-12)19(31)23-20(32)22-18)4-3-24-7-15(28)25(8-14(24)27)9-16(29)30/h5-6H,3-4,7-9H2,1-2H3,(H,29,30)(H,23,31,32). The van der Waals surface area contributed by atoms with Crippen LogP contribution in [0.5, 0.6) is 0 Å². The minimum Gasteiger partial charge on any atom is -0.480 e. The van der Waals surface area contributed by atoms with E-state index >= 15 is 0 Å². The molecule has 0 saturated carbocycles. The molecule has 166 valence electrons. The second-order valence-corrected chi connectivity index (χ2v) is 7.69. The van der Waals surface area contributed by atoms with Crippen molar-refractivity contribution in [1.82, 2.24) is 29.3 Å². The van der Waals surface area contributed by atoms with Crippen molar-refractivity contribution in [2.75, 3.05) is 26.2 Å². The fourth-order valence-electron chi connectivity index (χ4n) is 3.71. The minimum atomic E-state index is -1.19. The van der Waals surface area contributed by atoms with Crippen LogP contribution in [0.4, 0.5) is 0 Å². The molecule has 0 radical (unpaired) electrons. The molecule has 3 aliphatic rings. The van der Waals surface area contributed by atoms with Crippen LogP contribution in [-0.2, 0) is 20.9 Å². The first-order valence-electron chi connectivity index (χ1n) is 9.83. The highest BCUT2D eigenvalue weighted by atomic mass is 16.4. The van der Waals surface area contributed by atoms with Gasteiger partial charge >= 0.3 is 11.7 Å². The summed E-state index contributed by atoms with van der Waals surface area (Å²) in [5.74, 6) is -1.97. The van der Waals surface area contributed by atoms with Gasteiger partial charge in [0.1, 0.15) is 13.1 Å². The van der Waals surface area contributed by atoms with Crippen molar-refractivity contribution in [3.63, 3.8) is 0 Å². The van der Waals surface area contributed by atoms with Gasteiger partial charge in [-0.3, -0.25) is 24.2 Å². The Kier molecular flexibility index (Phi) is 5.20. The molecule has 4 rings (SSSR count). The molecule has 1 saturated heterocycles. The molecule has 0 aromatic heterocycles. The Morgan fingerprint density at radius 3 is 2.38 bits per heavy atom. The van der Waals surface area contributed by atoms with E-state index in [1.54, 1.807) is 4.57 Å². The Balaban J connectivity index is 1.72. The van der Waals surface area contributed by atoms with E-state index in [4.69, 9.17) is 5.11 Å². The van der Waals surface area contributed by atoms with Crippen LogP contribution in [0, 0.1) is 13.8 Å². The fourth-order valence-corrected chi connectivity index (χ4v) is 3.71. The van der Waals surface area contributed by atoms with Gasteiger partial charge < -0.3 is 19.5 Å². The molecule has 0 unspecified atom stereocenters. The lowest BCUT2D eigenvalue weighted by Gasteiger charge is -2.33. The van der Waals surface area contributed by atoms with Crippen molar-refractivity contribution in [1.29, 1.82) is 0 Å². The van der Waals surface area contributed by atoms with Gasteiger partial charge in [-0.25, -0.2) is 9.78 Å². The van der Waals surface area contributed by atoms with Gasteiger partial charge in [-0.2, -0.15) is 4.98 Å². The van der Waals surface area contributed by atoms with Crippen LogP contribution in [0.1, 0.15) is 11.1 Å². The first-order chi connectivity index (χ1) is 15.1. The van der Waals surface area contributed by atoms with Gasteiger partial charge in [0.2, 0.25) is 11.8 Å². The summed E-state index contributed by atoms with van der Waals surface area (Å²) in [6.45, 7) is 2.95. The van der Waals surface area contributed by atoms with E-state index in [1.165, 1.54) is 4.90 Å². The Bertz CT molecular complexity index is 1360. The number of nitrogens with zero attached hydrogens (tertiary/aromatic N) is 5. The Morgan fingerprint density at radius 2 is 1.66 bits per heavy atom. The largest absolute Gasteiger partial charge is 0.480 e. The molecule has 1 aromatic carbocycles. The Hall–Kier alpha value is -4.09. The van der Waals surface area contributed by atoms with Gasteiger partial charge in [0.05, 0.1) is 17.6 Å². The third kappa shape index (κ3) is 3.82. The number of rotatable bonds is 5. The maximum atomic E-state index is 12.5. The van der Waals surface area contributed by atoms with Gasteiger partial charge in [-0.05, 0) is 37.1 Å². The first kappa shape index (κ1) is 21.2. The van der Waals surface area contributed by atoms with Crippen LogP contribution in [0.15, 0.2) is 21.7 Å². The third-order valence-corrected chi connectivity index (χ3v) is 5.50. The normalized spacial score (nSPS) is 14.6. The molecule has 0 bridgehead atoms. The highest BCUT2D eigenvalue weighted by Gasteiger charge is 2.31. The number of hydrogen-bond acceptors (Lipinski definition) is 7. The average molecular weight is 440 g/mol. The molecule has 0 spiro atoms. The van der Waals surface area contributed by atoms with Crippen molar-refractivity contribution in [2.24, 2.45) is 0 Å². The van der Waals surface area contributed by atoms with Gasteiger partial charge in [0.25, 0.3) is 5.56 Å². The number of benzene rings is 1. The van der Waals surface area contributed by atoms with Crippen molar-refractivity contribution in [3.8, 4) is 11.5 Å². The molecular formula is C20H20N6O6. The average Bonchev–Trinajstić information content (AvgIpc) is 2.70. The number of aliphatic carboxylic acids is 1. The number of aromatic amines is 1. The number of piperazine rings is 1. The van der Waals surface area contributed by atoms with Crippen LogP contribution < -0.4 is 11.2 Å². The van der Waals surface area contributed by atoms with E-state index in [2.05, 4.69) is 15.0 Å². The van der Waals surface area contributed by atoms with Crippen LogP contribution in [0.2, 0.25) is 0 Å². The van der Waals surface area contributed by atoms with Gasteiger partial charge in [-0.15, -0.1) is 0 Å². The molecule has 32 heavy (non-hydrogen) atoms. The zero-order chi connectivity index (χ0) is 23.2. The monoisotopic (exact) mass is 440 g/mol. The summed E-state index contributed by atoms with van der Waals surface area (Å²) in [5, 5.41) is 8.89. The van der Waals surface area contributed by atoms with Crippen LogP contribution >= 0.6 is 0 Å². The number of carboxylic acids is 1. The Morgan fingerprint density at radius 1 is 1.00 bits per heavy atom. The van der Waals surface area contributed by atoms with Gasteiger partial charge in [0.15, 0.2) is 11.5 Å². The van der Waals surface area contributed by atoms with Gasteiger partial charge in [0, 0.05) is 13.1 Å². The quantitative estimate of drug-likeness (QED) is 0.476. The number of fused-ring (bicyclic) bond motifs is 2. The maximum absolute atomic E-state index is 12.5. The summed E-state index contributed by atoms with van der Waals surface area (Å²) in [7, 11) is 0. The molecular weight excluding hydrogens is 420 g/mol.